The molecule has 1 aromatic carbocycles. The lowest BCUT2D eigenvalue weighted by molar-refractivity contribution is 0.0524. The monoisotopic (exact) mass is 461 g/mol. The molecule has 1 unspecified atom stereocenters. The molecular formula is C23H21ClFNO4S. The molecular weight excluding hydrogens is 441 g/mol. The van der Waals surface area contributed by atoms with Gasteiger partial charge in [-0.25, -0.2) is 9.18 Å². The van der Waals surface area contributed by atoms with Crippen molar-refractivity contribution in [2.45, 2.75) is 51.2 Å². The maximum absolute atomic E-state index is 15.3. The quantitative estimate of drug-likeness (QED) is 0.528. The van der Waals surface area contributed by atoms with Crippen LogP contribution in [0.3, 0.4) is 0 Å². The number of hydrogen-bond donors (Lipinski definition) is 1. The summed E-state index contributed by atoms with van der Waals surface area (Å²) in [5, 5.41) is 10.5. The van der Waals surface area contributed by atoms with Crippen molar-refractivity contribution in [3.63, 3.8) is 0 Å². The van der Waals surface area contributed by atoms with E-state index in [2.05, 4.69) is 0 Å². The lowest BCUT2D eigenvalue weighted by Crippen LogP contribution is -2.21. The number of aliphatic hydroxyl groups is 1. The van der Waals surface area contributed by atoms with Gasteiger partial charge in [-0.05, 0) is 56.7 Å². The summed E-state index contributed by atoms with van der Waals surface area (Å²) in [4.78, 5) is 27.0. The summed E-state index contributed by atoms with van der Waals surface area (Å²) in [5.41, 5.74) is 0.806. The van der Waals surface area contributed by atoms with Crippen LogP contribution in [0, 0.1) is 5.82 Å². The zero-order chi connectivity index (χ0) is 21.9. The maximum atomic E-state index is 15.3. The number of hydrogen-bond acceptors (Lipinski definition) is 5. The number of fused-ring (bicyclic) bond motifs is 2. The zero-order valence-corrected chi connectivity index (χ0v) is 18.5. The number of rotatable bonds is 4. The van der Waals surface area contributed by atoms with E-state index in [1.165, 1.54) is 23.6 Å². The van der Waals surface area contributed by atoms with E-state index in [9.17, 15) is 14.7 Å². The van der Waals surface area contributed by atoms with Crippen LogP contribution < -0.4 is 5.43 Å². The van der Waals surface area contributed by atoms with Crippen LogP contribution in [0.4, 0.5) is 4.39 Å². The van der Waals surface area contributed by atoms with Gasteiger partial charge in [-0.2, -0.15) is 0 Å². The van der Waals surface area contributed by atoms with Crippen LogP contribution in [-0.2, 0) is 11.2 Å². The number of aryl methyl sites for hydroxylation is 1. The molecule has 3 aromatic rings. The molecule has 2 aromatic heterocycles. The molecule has 5 nitrogen and oxygen atoms in total. The molecule has 2 aliphatic carbocycles. The van der Waals surface area contributed by atoms with Gasteiger partial charge in [-0.15, -0.1) is 11.3 Å². The lowest BCUT2D eigenvalue weighted by atomic mass is 9.95. The number of benzene rings is 1. The van der Waals surface area contributed by atoms with Crippen molar-refractivity contribution in [3.8, 4) is 10.4 Å². The number of carbonyl (C=O) groups excluding carboxylic acids is 1. The summed E-state index contributed by atoms with van der Waals surface area (Å²) in [5.74, 6) is -1.34. The van der Waals surface area contributed by atoms with Gasteiger partial charge in [0.1, 0.15) is 11.4 Å². The number of halogens is 2. The molecule has 0 amide bonds. The Morgan fingerprint density at radius 1 is 1.35 bits per heavy atom. The minimum Gasteiger partial charge on any atom is -0.462 e. The van der Waals surface area contributed by atoms with Crippen LogP contribution in [0.25, 0.3) is 21.3 Å². The average Bonchev–Trinajstić information content (AvgIpc) is 3.48. The molecule has 1 saturated carbocycles. The van der Waals surface area contributed by atoms with Gasteiger partial charge in [0.2, 0.25) is 5.43 Å². The highest BCUT2D eigenvalue weighted by atomic mass is 35.5. The highest BCUT2D eigenvalue weighted by Gasteiger charge is 2.31. The fraction of sp³-hybridized carbons (Fsp3) is 0.391. The van der Waals surface area contributed by atoms with E-state index >= 15 is 4.39 Å². The van der Waals surface area contributed by atoms with E-state index in [0.717, 1.165) is 36.1 Å². The fourth-order valence-electron chi connectivity index (χ4n) is 4.32. The molecule has 1 fully saturated rings. The second-order valence-electron chi connectivity index (χ2n) is 8.07. The van der Waals surface area contributed by atoms with Crippen LogP contribution in [0.1, 0.15) is 65.6 Å². The Hall–Kier alpha value is -2.22. The van der Waals surface area contributed by atoms with E-state index in [1.54, 1.807) is 6.92 Å². The third-order valence-electron chi connectivity index (χ3n) is 5.97. The third kappa shape index (κ3) is 3.39. The molecule has 0 radical (unpaired) electrons. The molecule has 5 rings (SSSR count). The van der Waals surface area contributed by atoms with Crippen molar-refractivity contribution in [3.05, 3.63) is 55.4 Å². The molecule has 162 valence electrons. The summed E-state index contributed by atoms with van der Waals surface area (Å²) < 4.78 is 22.2. The first kappa shape index (κ1) is 20.7. The second kappa shape index (κ2) is 7.73. The van der Waals surface area contributed by atoms with Gasteiger partial charge < -0.3 is 14.4 Å². The molecule has 0 spiro atoms. The molecule has 0 saturated heterocycles. The van der Waals surface area contributed by atoms with Gasteiger partial charge >= 0.3 is 5.97 Å². The van der Waals surface area contributed by atoms with E-state index < -0.39 is 23.3 Å². The van der Waals surface area contributed by atoms with Crippen LogP contribution >= 0.6 is 22.9 Å². The Kier molecular flexibility index (Phi) is 5.15. The standard InChI is InChI=1S/C23H21ClFNO4S/c1-2-30-23(29)14-10-26(11-6-7-11)21-13(22(14)28)8-15(25)19(20(21)24)18-9-12-16(27)4-3-5-17(12)31-18/h8-11,16,27H,2-7H2,1H3. The molecule has 8 heteroatoms. The highest BCUT2D eigenvalue weighted by Crippen LogP contribution is 2.46. The Bertz CT molecular complexity index is 1280. The number of aliphatic hydroxyl groups excluding tert-OH is 1. The van der Waals surface area contributed by atoms with Crippen molar-refractivity contribution in [2.24, 2.45) is 0 Å². The Morgan fingerprint density at radius 2 is 2.13 bits per heavy atom. The van der Waals surface area contributed by atoms with Gasteiger partial charge in [0.05, 0.1) is 28.6 Å². The van der Waals surface area contributed by atoms with Gasteiger partial charge in [-0.3, -0.25) is 4.79 Å². The summed E-state index contributed by atoms with van der Waals surface area (Å²) in [6, 6.07) is 3.09. The first-order valence-corrected chi connectivity index (χ1v) is 11.6. The van der Waals surface area contributed by atoms with Crippen molar-refractivity contribution in [2.75, 3.05) is 6.61 Å². The normalized spacial score (nSPS) is 18.3. The van der Waals surface area contributed by atoms with Crippen LogP contribution in [0.2, 0.25) is 5.02 Å². The average molecular weight is 462 g/mol. The Labute approximate surface area is 187 Å². The van der Waals surface area contributed by atoms with Crippen molar-refractivity contribution in [1.29, 1.82) is 0 Å². The van der Waals surface area contributed by atoms with Crippen molar-refractivity contribution >= 4 is 39.8 Å². The maximum Gasteiger partial charge on any atom is 0.343 e. The third-order valence-corrected chi connectivity index (χ3v) is 7.57. The zero-order valence-electron chi connectivity index (χ0n) is 16.9. The predicted octanol–water partition coefficient (Wildman–Crippen LogP) is 5.40. The largest absolute Gasteiger partial charge is 0.462 e. The molecule has 2 aliphatic rings. The van der Waals surface area contributed by atoms with Crippen molar-refractivity contribution in [1.82, 2.24) is 4.57 Å². The topological polar surface area (TPSA) is 68.5 Å². The van der Waals surface area contributed by atoms with Gasteiger partial charge in [0.25, 0.3) is 0 Å². The Morgan fingerprint density at radius 3 is 2.81 bits per heavy atom. The lowest BCUT2D eigenvalue weighted by Gasteiger charge is -2.16. The SMILES string of the molecule is CCOC(=O)c1cn(C2CC2)c2c(Cl)c(-c3cc4c(s3)CCCC4O)c(F)cc2c1=O. The number of carbonyl (C=O) groups is 1. The summed E-state index contributed by atoms with van der Waals surface area (Å²) >= 11 is 8.18. The van der Waals surface area contributed by atoms with Gasteiger partial charge in [0, 0.05) is 27.6 Å². The number of pyridine rings is 1. The van der Waals surface area contributed by atoms with E-state index in [0.29, 0.717) is 16.8 Å². The van der Waals surface area contributed by atoms with Gasteiger partial charge in [-0.1, -0.05) is 11.6 Å². The molecule has 1 atom stereocenters. The van der Waals surface area contributed by atoms with E-state index in [1.807, 2.05) is 10.6 Å². The molecule has 2 heterocycles. The van der Waals surface area contributed by atoms with Gasteiger partial charge in [0.15, 0.2) is 0 Å². The van der Waals surface area contributed by atoms with Crippen LogP contribution in [0.5, 0.6) is 0 Å². The van der Waals surface area contributed by atoms with Crippen LogP contribution in [0.15, 0.2) is 23.1 Å². The molecule has 1 N–H and O–H groups in total. The number of thiophene rings is 1. The van der Waals surface area contributed by atoms with E-state index in [4.69, 9.17) is 16.3 Å². The summed E-state index contributed by atoms with van der Waals surface area (Å²) in [7, 11) is 0. The molecule has 0 aliphatic heterocycles. The first-order valence-electron chi connectivity index (χ1n) is 10.5. The fourth-order valence-corrected chi connectivity index (χ4v) is 6.08. The number of esters is 1. The molecule has 0 bridgehead atoms. The first-order chi connectivity index (χ1) is 14.9. The summed E-state index contributed by atoms with van der Waals surface area (Å²) in [6.07, 6.45) is 5.16. The minimum atomic E-state index is -0.718. The number of ether oxygens (including phenoxy) is 1. The van der Waals surface area contributed by atoms with Crippen LogP contribution in [-0.4, -0.2) is 22.2 Å². The molecule has 31 heavy (non-hydrogen) atoms. The Balaban J connectivity index is 1.76. The number of nitrogens with zero attached hydrogens (tertiary/aromatic N) is 1. The highest BCUT2D eigenvalue weighted by molar-refractivity contribution is 7.15. The summed E-state index contributed by atoms with van der Waals surface area (Å²) in [6.45, 7) is 1.81. The number of aromatic nitrogens is 1. The smallest absolute Gasteiger partial charge is 0.343 e. The minimum absolute atomic E-state index is 0.0741. The van der Waals surface area contributed by atoms with E-state index in [-0.39, 0.29) is 34.2 Å². The second-order valence-corrected chi connectivity index (χ2v) is 9.59. The predicted molar refractivity (Wildman–Crippen MR) is 119 cm³/mol. The van der Waals surface area contributed by atoms with Crippen molar-refractivity contribution < 1.29 is 19.0 Å².